The Hall–Kier alpha value is -1.51. The standard InChI is InChI=1S/C11H15NO2/c1-3-14-11-6-4-10(5-7-11)8-9(2)12-13/h4-7,13H,3,8H2,1-2H3/b12-9-. The molecule has 0 spiro atoms. The summed E-state index contributed by atoms with van der Waals surface area (Å²) in [6.07, 6.45) is 0.670. The number of rotatable bonds is 4. The second kappa shape index (κ2) is 5.27. The zero-order valence-corrected chi connectivity index (χ0v) is 8.53. The fraction of sp³-hybridized carbons (Fsp3) is 0.364. The number of hydrogen-bond acceptors (Lipinski definition) is 3. The van der Waals surface area contributed by atoms with Crippen molar-refractivity contribution in [3.05, 3.63) is 29.8 Å². The molecule has 0 radical (unpaired) electrons. The molecule has 0 aliphatic carbocycles. The van der Waals surface area contributed by atoms with Crippen LogP contribution >= 0.6 is 0 Å². The van der Waals surface area contributed by atoms with Crippen molar-refractivity contribution in [1.29, 1.82) is 0 Å². The number of benzene rings is 1. The molecule has 0 heterocycles. The Morgan fingerprint density at radius 3 is 2.50 bits per heavy atom. The average molecular weight is 193 g/mol. The third kappa shape index (κ3) is 3.09. The normalized spacial score (nSPS) is 11.4. The van der Waals surface area contributed by atoms with Gasteiger partial charge in [0.05, 0.1) is 12.3 Å². The quantitative estimate of drug-likeness (QED) is 0.453. The van der Waals surface area contributed by atoms with Gasteiger partial charge in [0.2, 0.25) is 0 Å². The van der Waals surface area contributed by atoms with E-state index in [4.69, 9.17) is 9.94 Å². The molecule has 1 aromatic rings. The van der Waals surface area contributed by atoms with Gasteiger partial charge < -0.3 is 9.94 Å². The first-order chi connectivity index (χ1) is 6.76. The first kappa shape index (κ1) is 10.6. The van der Waals surface area contributed by atoms with E-state index in [1.54, 1.807) is 6.92 Å². The third-order valence-electron chi connectivity index (χ3n) is 1.87. The summed E-state index contributed by atoms with van der Waals surface area (Å²) in [5.74, 6) is 0.870. The van der Waals surface area contributed by atoms with Crippen molar-refractivity contribution in [1.82, 2.24) is 0 Å². The van der Waals surface area contributed by atoms with Gasteiger partial charge in [-0.1, -0.05) is 17.3 Å². The van der Waals surface area contributed by atoms with Crippen LogP contribution in [0.1, 0.15) is 19.4 Å². The zero-order valence-electron chi connectivity index (χ0n) is 8.53. The molecule has 0 aromatic heterocycles. The Kier molecular flexibility index (Phi) is 3.98. The molecule has 0 saturated carbocycles. The van der Waals surface area contributed by atoms with Crippen LogP contribution in [0, 0.1) is 0 Å². The highest BCUT2D eigenvalue weighted by atomic mass is 16.5. The summed E-state index contributed by atoms with van der Waals surface area (Å²) in [6.45, 7) is 4.42. The molecular formula is C11H15NO2. The largest absolute Gasteiger partial charge is 0.494 e. The monoisotopic (exact) mass is 193 g/mol. The lowest BCUT2D eigenvalue weighted by molar-refractivity contribution is 0.317. The number of nitrogens with zero attached hydrogens (tertiary/aromatic N) is 1. The van der Waals surface area contributed by atoms with Gasteiger partial charge in [-0.15, -0.1) is 0 Å². The summed E-state index contributed by atoms with van der Waals surface area (Å²) < 4.78 is 5.31. The predicted molar refractivity (Wildman–Crippen MR) is 56.2 cm³/mol. The lowest BCUT2D eigenvalue weighted by atomic mass is 10.1. The number of oxime groups is 1. The minimum absolute atomic E-state index is 0.670. The van der Waals surface area contributed by atoms with E-state index in [-0.39, 0.29) is 0 Å². The number of hydrogen-bond donors (Lipinski definition) is 1. The van der Waals surface area contributed by atoms with Crippen LogP contribution in [0.25, 0.3) is 0 Å². The van der Waals surface area contributed by atoms with Crippen molar-refractivity contribution < 1.29 is 9.94 Å². The van der Waals surface area contributed by atoms with E-state index in [9.17, 15) is 0 Å². The lowest BCUT2D eigenvalue weighted by Crippen LogP contribution is -1.97. The van der Waals surface area contributed by atoms with Crippen LogP contribution < -0.4 is 4.74 Å². The molecule has 0 unspecified atom stereocenters. The maximum atomic E-state index is 8.50. The summed E-state index contributed by atoms with van der Waals surface area (Å²) in [7, 11) is 0. The van der Waals surface area contributed by atoms with Gasteiger partial charge in [0.15, 0.2) is 0 Å². The summed E-state index contributed by atoms with van der Waals surface area (Å²) in [6, 6.07) is 7.78. The molecule has 1 N–H and O–H groups in total. The maximum Gasteiger partial charge on any atom is 0.119 e. The lowest BCUT2D eigenvalue weighted by Gasteiger charge is -2.04. The van der Waals surface area contributed by atoms with Gasteiger partial charge in [0.1, 0.15) is 5.75 Å². The van der Waals surface area contributed by atoms with Gasteiger partial charge in [-0.25, -0.2) is 0 Å². The molecule has 0 amide bonds. The van der Waals surface area contributed by atoms with E-state index in [0.717, 1.165) is 11.3 Å². The SMILES string of the molecule is CCOc1ccc(C/C(C)=N\O)cc1. The minimum atomic E-state index is 0.670. The van der Waals surface area contributed by atoms with Gasteiger partial charge in [-0.3, -0.25) is 0 Å². The average Bonchev–Trinajstić information content (AvgIpc) is 2.21. The van der Waals surface area contributed by atoms with E-state index in [1.165, 1.54) is 0 Å². The molecular weight excluding hydrogens is 178 g/mol. The highest BCUT2D eigenvalue weighted by Crippen LogP contribution is 2.12. The van der Waals surface area contributed by atoms with E-state index < -0.39 is 0 Å². The van der Waals surface area contributed by atoms with E-state index in [1.807, 2.05) is 31.2 Å². The van der Waals surface area contributed by atoms with Crippen LogP contribution in [0.3, 0.4) is 0 Å². The Balaban J connectivity index is 2.64. The highest BCUT2D eigenvalue weighted by Gasteiger charge is 1.97. The van der Waals surface area contributed by atoms with Crippen molar-refractivity contribution in [3.63, 3.8) is 0 Å². The van der Waals surface area contributed by atoms with Crippen LogP contribution in [0.5, 0.6) is 5.75 Å². The van der Waals surface area contributed by atoms with Crippen molar-refractivity contribution in [2.24, 2.45) is 5.16 Å². The van der Waals surface area contributed by atoms with E-state index >= 15 is 0 Å². The summed E-state index contributed by atoms with van der Waals surface area (Å²) in [4.78, 5) is 0. The van der Waals surface area contributed by atoms with Gasteiger partial charge in [0.25, 0.3) is 0 Å². The molecule has 3 nitrogen and oxygen atoms in total. The molecule has 0 bridgehead atoms. The zero-order chi connectivity index (χ0) is 10.4. The number of ether oxygens (including phenoxy) is 1. The van der Waals surface area contributed by atoms with Crippen LogP contribution in [0.2, 0.25) is 0 Å². The Labute approximate surface area is 84.0 Å². The third-order valence-corrected chi connectivity index (χ3v) is 1.87. The molecule has 3 heteroatoms. The maximum absolute atomic E-state index is 8.50. The van der Waals surface area contributed by atoms with Crippen LogP contribution in [0.4, 0.5) is 0 Å². The molecule has 0 saturated heterocycles. The second-order valence-corrected chi connectivity index (χ2v) is 3.09. The van der Waals surface area contributed by atoms with Gasteiger partial charge in [-0.2, -0.15) is 0 Å². The Morgan fingerprint density at radius 1 is 1.36 bits per heavy atom. The molecule has 0 fully saturated rings. The fourth-order valence-electron chi connectivity index (χ4n) is 1.20. The van der Waals surface area contributed by atoms with Gasteiger partial charge >= 0.3 is 0 Å². The smallest absolute Gasteiger partial charge is 0.119 e. The van der Waals surface area contributed by atoms with Crippen molar-refractivity contribution in [2.45, 2.75) is 20.3 Å². The molecule has 76 valence electrons. The second-order valence-electron chi connectivity index (χ2n) is 3.09. The molecule has 0 aliphatic heterocycles. The first-order valence-corrected chi connectivity index (χ1v) is 4.65. The molecule has 1 rings (SSSR count). The Morgan fingerprint density at radius 2 is 2.00 bits per heavy atom. The molecule has 14 heavy (non-hydrogen) atoms. The van der Waals surface area contributed by atoms with Crippen molar-refractivity contribution >= 4 is 5.71 Å². The molecule has 1 aromatic carbocycles. The van der Waals surface area contributed by atoms with Crippen LogP contribution in [-0.4, -0.2) is 17.5 Å². The van der Waals surface area contributed by atoms with Crippen molar-refractivity contribution in [3.8, 4) is 5.75 Å². The van der Waals surface area contributed by atoms with Crippen LogP contribution in [0.15, 0.2) is 29.4 Å². The summed E-state index contributed by atoms with van der Waals surface area (Å²) in [5.41, 5.74) is 1.82. The molecule has 0 atom stereocenters. The fourth-order valence-corrected chi connectivity index (χ4v) is 1.20. The van der Waals surface area contributed by atoms with Crippen LogP contribution in [-0.2, 0) is 6.42 Å². The van der Waals surface area contributed by atoms with Gasteiger partial charge in [0, 0.05) is 6.42 Å². The van der Waals surface area contributed by atoms with E-state index in [2.05, 4.69) is 5.16 Å². The first-order valence-electron chi connectivity index (χ1n) is 4.65. The highest BCUT2D eigenvalue weighted by molar-refractivity contribution is 5.83. The van der Waals surface area contributed by atoms with Gasteiger partial charge in [-0.05, 0) is 31.5 Å². The van der Waals surface area contributed by atoms with Crippen molar-refractivity contribution in [2.75, 3.05) is 6.61 Å². The minimum Gasteiger partial charge on any atom is -0.494 e. The predicted octanol–water partition coefficient (Wildman–Crippen LogP) is 2.48. The molecule has 0 aliphatic rings. The summed E-state index contributed by atoms with van der Waals surface area (Å²) in [5, 5.41) is 11.6. The topological polar surface area (TPSA) is 41.8 Å². The Bertz CT molecular complexity index is 304. The van der Waals surface area contributed by atoms with E-state index in [0.29, 0.717) is 18.7 Å². The summed E-state index contributed by atoms with van der Waals surface area (Å²) >= 11 is 0.